The highest BCUT2D eigenvalue weighted by atomic mass is 32.1. The topological polar surface area (TPSA) is 131 Å². The van der Waals surface area contributed by atoms with Gasteiger partial charge in [0.15, 0.2) is 0 Å². The zero-order valence-electron chi connectivity index (χ0n) is 21.2. The molecule has 0 radical (unpaired) electrons. The molecule has 10 nitrogen and oxygen atoms in total. The number of carbonyl (C=O) groups excluding carboxylic acids is 3. The van der Waals surface area contributed by atoms with Gasteiger partial charge in [0, 0.05) is 38.0 Å². The van der Waals surface area contributed by atoms with Crippen molar-refractivity contribution >= 4 is 50.8 Å². The number of thiophene rings is 1. The summed E-state index contributed by atoms with van der Waals surface area (Å²) < 4.78 is 20.6. The third-order valence-electron chi connectivity index (χ3n) is 5.27. The largest absolute Gasteiger partial charge is 0.456 e. The monoisotopic (exact) mass is 551 g/mol. The smallest absolute Gasteiger partial charge is 0.323 e. The fourth-order valence-corrected chi connectivity index (χ4v) is 4.44. The van der Waals surface area contributed by atoms with Crippen LogP contribution in [-0.2, 0) is 9.63 Å². The van der Waals surface area contributed by atoms with Crippen LogP contribution in [0.3, 0.4) is 0 Å². The minimum Gasteiger partial charge on any atom is -0.456 e. The number of ether oxygens (including phenoxy) is 1. The molecule has 4 N–H and O–H groups in total. The number of hydrogen-bond donors (Lipinski definition) is 4. The summed E-state index contributed by atoms with van der Waals surface area (Å²) in [6.45, 7) is 3.92. The van der Waals surface area contributed by atoms with Crippen LogP contribution in [0.4, 0.5) is 20.6 Å². The Balaban J connectivity index is 1.34. The molecule has 4 rings (SSSR count). The lowest BCUT2D eigenvalue weighted by atomic mass is 10.2. The van der Waals surface area contributed by atoms with Crippen molar-refractivity contribution in [3.8, 4) is 11.5 Å². The van der Waals surface area contributed by atoms with E-state index in [0.29, 0.717) is 51.8 Å². The molecule has 4 aromatic rings. The third kappa shape index (κ3) is 7.72. The highest BCUT2D eigenvalue weighted by molar-refractivity contribution is 7.21. The summed E-state index contributed by atoms with van der Waals surface area (Å²) in [6, 6.07) is 14.0. The lowest BCUT2D eigenvalue weighted by molar-refractivity contribution is -0.148. The maximum atomic E-state index is 13.9. The lowest BCUT2D eigenvalue weighted by Gasteiger charge is -2.10. The molecule has 39 heavy (non-hydrogen) atoms. The van der Waals surface area contributed by atoms with Crippen LogP contribution in [-0.4, -0.2) is 36.0 Å². The average Bonchev–Trinajstić information content (AvgIpc) is 3.35. The number of urea groups is 1. The number of anilines is 2. The molecule has 0 unspecified atom stereocenters. The number of halogens is 1. The van der Waals surface area contributed by atoms with Crippen molar-refractivity contribution in [2.75, 3.05) is 23.7 Å². The summed E-state index contributed by atoms with van der Waals surface area (Å²) in [5.74, 6) is -0.149. The zero-order valence-corrected chi connectivity index (χ0v) is 22.0. The van der Waals surface area contributed by atoms with Gasteiger partial charge in [0.1, 0.15) is 17.3 Å². The van der Waals surface area contributed by atoms with Gasteiger partial charge in [-0.3, -0.25) is 14.6 Å². The maximum absolute atomic E-state index is 13.9. The van der Waals surface area contributed by atoms with E-state index < -0.39 is 17.8 Å². The molecule has 3 amide bonds. The van der Waals surface area contributed by atoms with E-state index in [0.717, 1.165) is 5.56 Å². The molecule has 0 aliphatic heterocycles. The van der Waals surface area contributed by atoms with Gasteiger partial charge in [-0.1, -0.05) is 6.07 Å². The fourth-order valence-electron chi connectivity index (χ4n) is 3.46. The van der Waals surface area contributed by atoms with Crippen molar-refractivity contribution in [1.29, 1.82) is 0 Å². The molecular weight excluding hydrogens is 525 g/mol. The summed E-state index contributed by atoms with van der Waals surface area (Å²) in [7, 11) is 0. The predicted molar refractivity (Wildman–Crippen MR) is 147 cm³/mol. The molecule has 0 aliphatic carbocycles. The molecule has 0 fully saturated rings. The molecule has 0 bridgehead atoms. The molecule has 0 aliphatic rings. The van der Waals surface area contributed by atoms with Gasteiger partial charge in [0.05, 0.1) is 20.8 Å². The Morgan fingerprint density at radius 1 is 1.00 bits per heavy atom. The van der Waals surface area contributed by atoms with Crippen LogP contribution in [0.15, 0.2) is 60.8 Å². The van der Waals surface area contributed by atoms with Crippen molar-refractivity contribution in [2.24, 2.45) is 0 Å². The molecule has 0 saturated heterocycles. The van der Waals surface area contributed by atoms with E-state index in [1.54, 1.807) is 61.7 Å². The standard InChI is InChI=1S/C27H26FN5O5S/c1-16-4-9-20(28)21(14-16)33-27(36)32-18-5-7-19(8-6-18)37-23-10-13-29-22-15-24(39-25(22)23)26(35)30-11-3-12-31-38-17(2)34/h4-10,13-15,31H,3,11-12H2,1-2H3,(H,30,35)(H2,32,33,36). The third-order valence-corrected chi connectivity index (χ3v) is 6.40. The second kappa shape index (κ2) is 12.8. The Bertz CT molecular complexity index is 1490. The molecule has 2 aromatic heterocycles. The van der Waals surface area contributed by atoms with Crippen LogP contribution < -0.4 is 26.2 Å². The van der Waals surface area contributed by atoms with E-state index in [2.05, 4.69) is 31.3 Å². The van der Waals surface area contributed by atoms with Crippen molar-refractivity contribution < 1.29 is 28.3 Å². The van der Waals surface area contributed by atoms with Gasteiger partial charge < -0.3 is 25.5 Å². The van der Waals surface area contributed by atoms with Gasteiger partial charge in [-0.05, 0) is 61.4 Å². The number of benzene rings is 2. The number of carbonyl (C=O) groups is 3. The Labute approximate surface area is 227 Å². The molecule has 202 valence electrons. The number of hydrogen-bond acceptors (Lipinski definition) is 8. The molecule has 0 saturated carbocycles. The van der Waals surface area contributed by atoms with Crippen LogP contribution in [0.25, 0.3) is 10.2 Å². The number of aryl methyl sites for hydroxylation is 1. The Hall–Kier alpha value is -4.55. The Morgan fingerprint density at radius 2 is 1.79 bits per heavy atom. The minimum absolute atomic E-state index is 0.0921. The van der Waals surface area contributed by atoms with Gasteiger partial charge in [0.2, 0.25) is 0 Å². The van der Waals surface area contributed by atoms with E-state index in [1.165, 1.54) is 24.3 Å². The Morgan fingerprint density at radius 3 is 2.56 bits per heavy atom. The van der Waals surface area contributed by atoms with E-state index in [9.17, 15) is 18.8 Å². The second-order valence-corrected chi connectivity index (χ2v) is 9.47. The van der Waals surface area contributed by atoms with Gasteiger partial charge >= 0.3 is 12.0 Å². The van der Waals surface area contributed by atoms with Crippen LogP contribution in [0.5, 0.6) is 11.5 Å². The highest BCUT2D eigenvalue weighted by Gasteiger charge is 2.15. The highest BCUT2D eigenvalue weighted by Crippen LogP contribution is 2.35. The molecule has 12 heteroatoms. The molecule has 0 spiro atoms. The number of hydroxylamine groups is 1. The van der Waals surface area contributed by atoms with Crippen molar-refractivity contribution in [3.05, 3.63) is 77.1 Å². The van der Waals surface area contributed by atoms with E-state index >= 15 is 0 Å². The second-order valence-electron chi connectivity index (χ2n) is 8.42. The van der Waals surface area contributed by atoms with Gasteiger partial charge in [-0.2, -0.15) is 5.48 Å². The van der Waals surface area contributed by atoms with Crippen molar-refractivity contribution in [3.63, 3.8) is 0 Å². The predicted octanol–water partition coefficient (Wildman–Crippen LogP) is 5.37. The average molecular weight is 552 g/mol. The number of nitrogens with zero attached hydrogens (tertiary/aromatic N) is 1. The fraction of sp³-hybridized carbons (Fsp3) is 0.185. The summed E-state index contributed by atoms with van der Waals surface area (Å²) in [5, 5.41) is 7.97. The van der Waals surface area contributed by atoms with Crippen molar-refractivity contribution in [1.82, 2.24) is 15.8 Å². The molecular formula is C27H26FN5O5S. The lowest BCUT2D eigenvalue weighted by Crippen LogP contribution is -2.27. The first-order chi connectivity index (χ1) is 18.8. The summed E-state index contributed by atoms with van der Waals surface area (Å²) in [4.78, 5) is 45.0. The first-order valence-corrected chi connectivity index (χ1v) is 12.8. The van der Waals surface area contributed by atoms with Crippen LogP contribution in [0.2, 0.25) is 0 Å². The quantitative estimate of drug-likeness (QED) is 0.154. The first-order valence-electron chi connectivity index (χ1n) is 12.0. The van der Waals surface area contributed by atoms with Gasteiger partial charge in [-0.25, -0.2) is 9.18 Å². The number of pyridine rings is 1. The van der Waals surface area contributed by atoms with Crippen LogP contribution >= 0.6 is 11.3 Å². The summed E-state index contributed by atoms with van der Waals surface area (Å²) in [5.41, 5.74) is 4.54. The van der Waals surface area contributed by atoms with E-state index in [4.69, 9.17) is 4.74 Å². The summed E-state index contributed by atoms with van der Waals surface area (Å²) in [6.07, 6.45) is 2.17. The normalized spacial score (nSPS) is 10.6. The van der Waals surface area contributed by atoms with E-state index in [1.807, 2.05) is 0 Å². The zero-order chi connectivity index (χ0) is 27.8. The molecule has 2 aromatic carbocycles. The van der Waals surface area contributed by atoms with Crippen LogP contribution in [0.1, 0.15) is 28.6 Å². The van der Waals surface area contributed by atoms with E-state index in [-0.39, 0.29) is 11.6 Å². The SMILES string of the molecule is CC(=O)ONCCCNC(=O)c1cc2nccc(Oc3ccc(NC(=O)Nc4cc(C)ccc4F)cc3)c2s1. The minimum atomic E-state index is -0.575. The Kier molecular flexibility index (Phi) is 9.02. The number of amides is 3. The molecule has 0 atom stereocenters. The number of nitrogens with one attached hydrogen (secondary N) is 4. The number of aromatic nitrogens is 1. The molecule has 2 heterocycles. The maximum Gasteiger partial charge on any atom is 0.323 e. The van der Waals surface area contributed by atoms with Crippen LogP contribution in [0, 0.1) is 12.7 Å². The number of rotatable bonds is 10. The number of fused-ring (bicyclic) bond motifs is 1. The van der Waals surface area contributed by atoms with Gasteiger partial charge in [0.25, 0.3) is 5.91 Å². The van der Waals surface area contributed by atoms with Gasteiger partial charge in [-0.15, -0.1) is 11.3 Å². The van der Waals surface area contributed by atoms with Crippen molar-refractivity contribution in [2.45, 2.75) is 20.3 Å². The summed E-state index contributed by atoms with van der Waals surface area (Å²) >= 11 is 1.26. The first kappa shape index (κ1) is 27.5.